The number of benzene rings is 1. The normalized spacial score (nSPS) is 28.6. The Morgan fingerprint density at radius 3 is 1.80 bits per heavy atom. The number of aryl methyl sites for hydroxylation is 2. The van der Waals surface area contributed by atoms with E-state index in [0.717, 1.165) is 22.2 Å². The van der Waals surface area contributed by atoms with E-state index in [1.807, 2.05) is 87.4 Å². The number of carbonyl (C=O) groups is 10. The molecule has 9 amide bonds. The van der Waals surface area contributed by atoms with Crippen molar-refractivity contribution in [2.45, 2.75) is 202 Å². The Labute approximate surface area is 654 Å². The van der Waals surface area contributed by atoms with Crippen molar-refractivity contribution in [1.82, 2.24) is 45.0 Å². The molecular formula is C74H100CoF3N20O14. The van der Waals surface area contributed by atoms with Crippen LogP contribution in [0.4, 0.5) is 19.0 Å². The van der Waals surface area contributed by atoms with Crippen LogP contribution in [0.25, 0.3) is 27.5 Å². The van der Waals surface area contributed by atoms with Crippen LogP contribution < -0.4 is 61.2 Å². The van der Waals surface area contributed by atoms with E-state index in [4.69, 9.17) is 75.1 Å². The van der Waals surface area contributed by atoms with Crippen LogP contribution in [0.1, 0.15) is 156 Å². The molecule has 2 saturated heterocycles. The number of ether oxygens (including phenoxy) is 1. The third-order valence-electron chi connectivity index (χ3n) is 23.0. The first-order valence-electron chi connectivity index (χ1n) is 36.3. The number of aliphatic imine (C=N–C) groups is 3. The van der Waals surface area contributed by atoms with E-state index in [-0.39, 0.29) is 144 Å². The number of imidazole rings is 2. The first-order chi connectivity index (χ1) is 51.7. The van der Waals surface area contributed by atoms with E-state index in [1.165, 1.54) is 17.2 Å². The molecule has 6 aliphatic heterocycles. The molecule has 1 aromatic carbocycles. The van der Waals surface area contributed by atoms with Crippen molar-refractivity contribution in [3.63, 3.8) is 0 Å². The number of alkyl halides is 3. The SMILES string of the molecule is C/C1=C2/[N-][C@H]([C@H](CCC(N)=O)[C@@]2(C)CCC(=O)NCCNC(=O)CNC(=O)Cn2cnc3cc(C)c(C)cc32)[C@]2(C)N=C(/C(C)=C3N=C(/C=C4N=C1[C@@H](CCC(N)=O)C\4(C)C)[C@@H](CCC(N)=O)[C@]\3(C)CC(N)=O)[C@@H](CCC(N)=O)[C@]2(C)CCC(N)=O.O=C([O-])C(F)(F)F.[CH2-][C@H]1O[C@@H](n2cnc3c(N)ncnc32)[C@H](O)[C@@H]1O.[Co+3]. The van der Waals surface area contributed by atoms with Gasteiger partial charge in [-0.15, -0.1) is 0 Å². The predicted molar refractivity (Wildman–Crippen MR) is 399 cm³/mol. The van der Waals surface area contributed by atoms with Crippen LogP contribution in [0, 0.1) is 66.1 Å². The first kappa shape index (κ1) is 89.2. The third-order valence-corrected chi connectivity index (χ3v) is 23.0. The number of primary amides is 6. The van der Waals surface area contributed by atoms with Crippen molar-refractivity contribution in [3.8, 4) is 0 Å². The molecule has 3 aromatic heterocycles. The Hall–Kier alpha value is -10.1. The summed E-state index contributed by atoms with van der Waals surface area (Å²) in [5.74, 6) is -9.66. The molecule has 34 nitrogen and oxygen atoms in total. The zero-order chi connectivity index (χ0) is 82.5. The number of nitrogens with one attached hydrogen (secondary N) is 3. The predicted octanol–water partition coefficient (Wildman–Crippen LogP) is 1.98. The van der Waals surface area contributed by atoms with Gasteiger partial charge in [0.05, 0.1) is 47.6 Å². The number of aliphatic hydroxyl groups is 2. The minimum Gasteiger partial charge on any atom is -0.682 e. The molecule has 38 heteroatoms. The molecule has 0 saturated carbocycles. The van der Waals surface area contributed by atoms with Gasteiger partial charge in [-0.2, -0.15) is 18.9 Å². The minimum absolute atomic E-state index is 0. The standard InChI is InChI=1S/C62H89N15O9.C10H12N5O3.C2HF3O2.Co/c1-32-25-41-42(26-33(32)2)77(31-72-41)30-52(86)71-29-51(85)70-24-23-69-50(84)20-21-59(7)39(14-18-47(66)81)57-62(10)61(9,22-19-48(67)82)38(13-17-46(65)80)54(76-62)35(4)56-60(8,28-49(68)83)36(11-15-44(63)78)40(73-56)27-43-58(5,6)37(12-16-45(64)79)53(74-43)34(3)55(59)75-57;1-4-6(16)7(17)10(18-4)15-3-14-5-8(11)12-2-13-9(5)15;3-2(4,5)1(6)7;/h25-27,31,36-39,57H,11-24,28-30H2,1-10H3,(H16,63,64,65,66,67,68,69,70,71,73,74,75,76,78,79,80,81,82,83,84,85,86);2-4,6-7,10,16-17H,1H2,(H2,11,12,13);(H,6,7);/q;-1;;+3/p-2/t36-,37-,38-,39+,57-,59-,60+,61+,62+;4-,6-,7-,10-;;/m11../s1. The van der Waals surface area contributed by atoms with Crippen molar-refractivity contribution in [2.75, 3.05) is 25.4 Å². The molecule has 8 bridgehead atoms. The summed E-state index contributed by atoms with van der Waals surface area (Å²) < 4.78 is 40.2. The van der Waals surface area contributed by atoms with Crippen molar-refractivity contribution in [3.05, 3.63) is 88.8 Å². The maximum Gasteiger partial charge on any atom is 3.00 e. The number of anilines is 1. The number of halogens is 3. The van der Waals surface area contributed by atoms with E-state index < -0.39 is 135 Å². The molecule has 0 aliphatic carbocycles. The average molecular weight is 1610 g/mol. The van der Waals surface area contributed by atoms with Gasteiger partial charge < -0.3 is 97.7 Å². The van der Waals surface area contributed by atoms with Gasteiger partial charge in [0.25, 0.3) is 0 Å². The fraction of sp³-hybridized carbons (Fsp3) is 0.568. The van der Waals surface area contributed by atoms with E-state index in [1.54, 1.807) is 10.9 Å². The second kappa shape index (κ2) is 35.3. The zero-order valence-electron chi connectivity index (χ0n) is 64.2. The fourth-order valence-corrected chi connectivity index (χ4v) is 16.6. The average Bonchev–Trinajstić information content (AvgIpc) is 1.52. The topological polar surface area (TPSA) is 574 Å². The van der Waals surface area contributed by atoms with Gasteiger partial charge in [-0.1, -0.05) is 40.7 Å². The second-order valence-corrected chi connectivity index (χ2v) is 30.8. The third kappa shape index (κ3) is 19.0. The Morgan fingerprint density at radius 2 is 1.23 bits per heavy atom. The van der Waals surface area contributed by atoms with Crippen molar-refractivity contribution in [1.29, 1.82) is 0 Å². The van der Waals surface area contributed by atoms with Gasteiger partial charge >= 0.3 is 23.0 Å². The molecule has 2 fully saturated rings. The van der Waals surface area contributed by atoms with Gasteiger partial charge in [-0.25, -0.2) is 19.9 Å². The molecule has 0 radical (unpaired) electrons. The molecule has 19 N–H and O–H groups in total. The van der Waals surface area contributed by atoms with E-state index in [2.05, 4.69) is 42.8 Å². The number of carboxylic acids is 1. The van der Waals surface area contributed by atoms with Crippen LogP contribution in [0.3, 0.4) is 0 Å². The van der Waals surface area contributed by atoms with Crippen molar-refractivity contribution >= 4 is 104 Å². The molecule has 0 unspecified atom stereocenters. The van der Waals surface area contributed by atoms with Crippen LogP contribution >= 0.6 is 0 Å². The van der Waals surface area contributed by atoms with Crippen LogP contribution in [0.15, 0.2) is 80.4 Å². The number of carbonyl (C=O) groups excluding carboxylic acids is 10. The number of nitrogen functional groups attached to an aromatic ring is 1. The van der Waals surface area contributed by atoms with Gasteiger partial charge in [0.1, 0.15) is 30.5 Å². The number of carboxylic acid groups (broad SMARTS) is 1. The zero-order valence-corrected chi connectivity index (χ0v) is 65.2. The molecule has 610 valence electrons. The number of hydrogen-bond donors (Lipinski definition) is 12. The minimum atomic E-state index is -5.19. The molecule has 10 rings (SSSR count). The summed E-state index contributed by atoms with van der Waals surface area (Å²) in [7, 11) is 0. The van der Waals surface area contributed by atoms with Crippen molar-refractivity contribution < 1.29 is 98.0 Å². The number of nitrogens with two attached hydrogens (primary N) is 7. The molecule has 6 aliphatic rings. The fourth-order valence-electron chi connectivity index (χ4n) is 16.6. The molecule has 9 heterocycles. The maximum atomic E-state index is 14.2. The number of nitrogens with zero attached hydrogens (tertiary/aromatic N) is 10. The smallest absolute Gasteiger partial charge is 0.682 e. The molecule has 112 heavy (non-hydrogen) atoms. The second-order valence-electron chi connectivity index (χ2n) is 30.8. The maximum absolute atomic E-state index is 14.2. The van der Waals surface area contributed by atoms with Gasteiger partial charge in [-0.3, -0.25) is 62.7 Å². The molecule has 4 aromatic rings. The number of aliphatic carboxylic acids is 1. The largest absolute Gasteiger partial charge is 3.00 e. The number of rotatable bonds is 28. The van der Waals surface area contributed by atoms with Gasteiger partial charge in [0.2, 0.25) is 53.2 Å². The molecular weight excluding hydrogens is 1510 g/mol. The van der Waals surface area contributed by atoms with Gasteiger partial charge in [0.15, 0.2) is 17.7 Å². The molecule has 13 atom stereocenters. The number of aliphatic hydroxyl groups excluding tert-OH is 2. The Morgan fingerprint density at radius 1 is 0.661 bits per heavy atom. The number of aromatic nitrogens is 6. The van der Waals surface area contributed by atoms with E-state index in [9.17, 15) is 66.5 Å². The number of amides is 9. The Balaban J connectivity index is 0.000000562. The summed E-state index contributed by atoms with van der Waals surface area (Å²) in [6.07, 6.45) is -2.03. The summed E-state index contributed by atoms with van der Waals surface area (Å²) in [4.78, 5) is 160. The summed E-state index contributed by atoms with van der Waals surface area (Å²) in [5.41, 5.74) is 45.1. The van der Waals surface area contributed by atoms with Crippen LogP contribution in [-0.2, 0) is 76.0 Å². The van der Waals surface area contributed by atoms with Crippen LogP contribution in [0.5, 0.6) is 0 Å². The van der Waals surface area contributed by atoms with Crippen LogP contribution in [-0.4, -0.2) is 171 Å². The van der Waals surface area contributed by atoms with Crippen molar-refractivity contribution in [2.24, 2.45) is 94.7 Å². The number of fused-ring (bicyclic) bond motifs is 8. The summed E-state index contributed by atoms with van der Waals surface area (Å²) >= 11 is 0. The Bertz CT molecular complexity index is 4550. The molecule has 0 spiro atoms. The van der Waals surface area contributed by atoms with E-state index >= 15 is 0 Å². The summed E-state index contributed by atoms with van der Waals surface area (Å²) in [6, 6.07) is 3.10. The Kier molecular flexibility index (Phi) is 28.1. The first-order valence-corrected chi connectivity index (χ1v) is 36.3. The quantitative estimate of drug-likeness (QED) is 0.0286. The summed E-state index contributed by atoms with van der Waals surface area (Å²) in [5, 5.41) is 42.4. The van der Waals surface area contributed by atoms with E-state index in [0.29, 0.717) is 56.5 Å². The summed E-state index contributed by atoms with van der Waals surface area (Å²) in [6.45, 7) is 23.0. The number of allylic oxidation sites excluding steroid dienone is 6. The number of hydrogen-bond acceptors (Lipinski definition) is 22. The van der Waals surface area contributed by atoms with Gasteiger partial charge in [0, 0.05) is 115 Å². The van der Waals surface area contributed by atoms with Gasteiger partial charge in [-0.05, 0) is 131 Å². The monoisotopic (exact) mass is 1610 g/mol. The van der Waals surface area contributed by atoms with Crippen LogP contribution in [0.2, 0.25) is 0 Å².